The normalized spacial score (nSPS) is 10.8. The van der Waals surface area contributed by atoms with Gasteiger partial charge in [-0.15, -0.1) is 0 Å². The number of fused-ring (bicyclic) bond motifs is 1. The Morgan fingerprint density at radius 2 is 2.08 bits per heavy atom. The Bertz CT molecular complexity index is 1070. The number of carbonyl (C=O) groups excluding carboxylic acids is 1. The molecule has 1 amide bonds. The zero-order valence-electron chi connectivity index (χ0n) is 14.4. The van der Waals surface area contributed by atoms with Crippen LogP contribution in [0.5, 0.6) is 0 Å². The molecule has 0 spiro atoms. The van der Waals surface area contributed by atoms with Crippen LogP contribution in [0, 0.1) is 0 Å². The summed E-state index contributed by atoms with van der Waals surface area (Å²) in [7, 11) is 3.93. The summed E-state index contributed by atoms with van der Waals surface area (Å²) in [5, 5.41) is 2.82. The lowest BCUT2D eigenvalue weighted by molar-refractivity contribution is 0.0996. The Morgan fingerprint density at radius 3 is 2.85 bits per heavy atom. The van der Waals surface area contributed by atoms with Crippen LogP contribution in [0.15, 0.2) is 59.3 Å². The van der Waals surface area contributed by atoms with Crippen molar-refractivity contribution in [3.8, 4) is 11.4 Å². The van der Waals surface area contributed by atoms with Gasteiger partial charge in [0.15, 0.2) is 11.4 Å². The van der Waals surface area contributed by atoms with Gasteiger partial charge in [-0.1, -0.05) is 12.1 Å². The maximum atomic E-state index is 12.1. The maximum absolute atomic E-state index is 12.1. The lowest BCUT2D eigenvalue weighted by atomic mass is 10.2. The van der Waals surface area contributed by atoms with E-state index in [0.29, 0.717) is 17.2 Å². The van der Waals surface area contributed by atoms with E-state index in [2.05, 4.69) is 20.3 Å². The molecule has 0 aliphatic carbocycles. The van der Waals surface area contributed by atoms with Gasteiger partial charge in [-0.25, -0.2) is 9.97 Å². The van der Waals surface area contributed by atoms with Gasteiger partial charge >= 0.3 is 0 Å². The number of pyridine rings is 1. The minimum atomic E-state index is -0.297. The smallest absolute Gasteiger partial charge is 0.291 e. The van der Waals surface area contributed by atoms with Gasteiger partial charge in [-0.3, -0.25) is 4.79 Å². The average molecular weight is 347 g/mol. The number of hydrogen-bond acceptors (Lipinski definition) is 5. The van der Waals surface area contributed by atoms with Gasteiger partial charge in [0.25, 0.3) is 5.91 Å². The van der Waals surface area contributed by atoms with Crippen molar-refractivity contribution in [1.82, 2.24) is 15.0 Å². The molecule has 0 radical (unpaired) electrons. The molecular formula is C19H17N5O2. The molecule has 1 aromatic carbocycles. The quantitative estimate of drug-likeness (QED) is 0.590. The van der Waals surface area contributed by atoms with Crippen LogP contribution in [0.4, 0.5) is 11.4 Å². The zero-order valence-corrected chi connectivity index (χ0v) is 14.4. The summed E-state index contributed by atoms with van der Waals surface area (Å²) < 4.78 is 5.11. The Hall–Kier alpha value is -3.61. The van der Waals surface area contributed by atoms with Crippen molar-refractivity contribution >= 4 is 28.4 Å². The van der Waals surface area contributed by atoms with E-state index in [0.717, 1.165) is 16.8 Å². The summed E-state index contributed by atoms with van der Waals surface area (Å²) in [6.07, 6.45) is 3.25. The molecule has 0 aliphatic rings. The van der Waals surface area contributed by atoms with Crippen LogP contribution < -0.4 is 10.2 Å². The van der Waals surface area contributed by atoms with E-state index in [1.54, 1.807) is 18.3 Å². The highest BCUT2D eigenvalue weighted by Gasteiger charge is 2.11. The minimum absolute atomic E-state index is 0.263. The SMILES string of the molecule is CN(C)c1cnc2nc(-c3cccc(NC(=O)c4ccco4)c3)[nH]c2c1. The minimum Gasteiger partial charge on any atom is -0.459 e. The number of hydrogen-bond donors (Lipinski definition) is 2. The Labute approximate surface area is 149 Å². The van der Waals surface area contributed by atoms with Gasteiger partial charge in [0, 0.05) is 25.3 Å². The fraction of sp³-hybridized carbons (Fsp3) is 0.105. The molecule has 7 nitrogen and oxygen atoms in total. The highest BCUT2D eigenvalue weighted by Crippen LogP contribution is 2.24. The van der Waals surface area contributed by atoms with E-state index in [-0.39, 0.29) is 11.7 Å². The third-order valence-electron chi connectivity index (χ3n) is 3.98. The number of nitrogens with one attached hydrogen (secondary N) is 2. The van der Waals surface area contributed by atoms with Crippen molar-refractivity contribution in [2.45, 2.75) is 0 Å². The molecule has 0 bridgehead atoms. The topological polar surface area (TPSA) is 87.1 Å². The Morgan fingerprint density at radius 1 is 1.19 bits per heavy atom. The summed E-state index contributed by atoms with van der Waals surface area (Å²) in [5.74, 6) is 0.658. The fourth-order valence-electron chi connectivity index (χ4n) is 2.62. The molecule has 0 saturated carbocycles. The summed E-state index contributed by atoms with van der Waals surface area (Å²) in [6.45, 7) is 0. The highest BCUT2D eigenvalue weighted by atomic mass is 16.3. The van der Waals surface area contributed by atoms with Crippen LogP contribution in [-0.2, 0) is 0 Å². The molecule has 0 saturated heterocycles. The predicted octanol–water partition coefficient (Wildman–Crippen LogP) is 3.54. The van der Waals surface area contributed by atoms with E-state index in [4.69, 9.17) is 4.42 Å². The van der Waals surface area contributed by atoms with E-state index in [1.807, 2.05) is 49.3 Å². The van der Waals surface area contributed by atoms with Crippen LogP contribution in [0.2, 0.25) is 0 Å². The number of H-pyrrole nitrogens is 1. The van der Waals surface area contributed by atoms with Gasteiger partial charge in [-0.2, -0.15) is 0 Å². The van der Waals surface area contributed by atoms with Crippen molar-refractivity contribution in [1.29, 1.82) is 0 Å². The first kappa shape index (κ1) is 15.9. The molecule has 0 unspecified atom stereocenters. The first-order chi connectivity index (χ1) is 12.6. The number of aromatic nitrogens is 3. The zero-order chi connectivity index (χ0) is 18.1. The second kappa shape index (κ2) is 6.36. The molecule has 7 heteroatoms. The van der Waals surface area contributed by atoms with E-state index >= 15 is 0 Å². The van der Waals surface area contributed by atoms with Gasteiger partial charge in [0.05, 0.1) is 23.7 Å². The third kappa shape index (κ3) is 3.02. The number of rotatable bonds is 4. The lowest BCUT2D eigenvalue weighted by Gasteiger charge is -2.10. The van der Waals surface area contributed by atoms with Crippen LogP contribution in [0.3, 0.4) is 0 Å². The number of aromatic amines is 1. The van der Waals surface area contributed by atoms with Crippen LogP contribution in [-0.4, -0.2) is 35.0 Å². The molecular weight excluding hydrogens is 330 g/mol. The van der Waals surface area contributed by atoms with Crippen molar-refractivity contribution < 1.29 is 9.21 Å². The number of carbonyl (C=O) groups is 1. The number of nitrogens with zero attached hydrogens (tertiary/aromatic N) is 3. The molecule has 4 rings (SSSR count). The second-order valence-corrected chi connectivity index (χ2v) is 6.06. The first-order valence-corrected chi connectivity index (χ1v) is 8.08. The highest BCUT2D eigenvalue weighted by molar-refractivity contribution is 6.02. The van der Waals surface area contributed by atoms with Crippen molar-refractivity contribution in [2.24, 2.45) is 0 Å². The second-order valence-electron chi connectivity index (χ2n) is 6.06. The maximum Gasteiger partial charge on any atom is 0.291 e. The van der Waals surface area contributed by atoms with Crippen LogP contribution in [0.25, 0.3) is 22.6 Å². The van der Waals surface area contributed by atoms with Gasteiger partial charge in [-0.05, 0) is 30.3 Å². The molecule has 4 aromatic rings. The number of furan rings is 1. The van der Waals surface area contributed by atoms with Gasteiger partial charge < -0.3 is 19.6 Å². The number of benzene rings is 1. The van der Waals surface area contributed by atoms with Gasteiger partial charge in [0.1, 0.15) is 5.82 Å². The summed E-state index contributed by atoms with van der Waals surface area (Å²) in [5.41, 5.74) is 4.01. The largest absolute Gasteiger partial charge is 0.459 e. The lowest BCUT2D eigenvalue weighted by Crippen LogP contribution is -2.10. The van der Waals surface area contributed by atoms with Crippen molar-refractivity contribution in [3.05, 3.63) is 60.7 Å². The summed E-state index contributed by atoms with van der Waals surface area (Å²) in [4.78, 5) is 26.3. The van der Waals surface area contributed by atoms with Crippen LogP contribution >= 0.6 is 0 Å². The number of anilines is 2. The molecule has 26 heavy (non-hydrogen) atoms. The number of amides is 1. The summed E-state index contributed by atoms with van der Waals surface area (Å²) in [6, 6.07) is 12.7. The predicted molar refractivity (Wildman–Crippen MR) is 100 cm³/mol. The molecule has 0 fully saturated rings. The Kier molecular flexibility index (Phi) is 3.89. The van der Waals surface area contributed by atoms with E-state index in [1.165, 1.54) is 6.26 Å². The molecule has 130 valence electrons. The van der Waals surface area contributed by atoms with Crippen LogP contribution in [0.1, 0.15) is 10.6 Å². The first-order valence-electron chi connectivity index (χ1n) is 8.08. The third-order valence-corrected chi connectivity index (χ3v) is 3.98. The molecule has 3 aromatic heterocycles. The number of imidazole rings is 1. The summed E-state index contributed by atoms with van der Waals surface area (Å²) >= 11 is 0. The molecule has 0 atom stereocenters. The molecule has 3 heterocycles. The standard InChI is InChI=1S/C19H17N5O2/c1-24(2)14-10-15-18(20-11-14)23-17(22-15)12-5-3-6-13(9-12)21-19(25)16-7-4-8-26-16/h3-11H,1-2H3,(H,21,25)(H,20,22,23). The average Bonchev–Trinajstić information content (AvgIpc) is 3.31. The molecule has 0 aliphatic heterocycles. The molecule has 2 N–H and O–H groups in total. The van der Waals surface area contributed by atoms with E-state index < -0.39 is 0 Å². The fourth-order valence-corrected chi connectivity index (χ4v) is 2.62. The monoisotopic (exact) mass is 347 g/mol. The van der Waals surface area contributed by atoms with E-state index in [9.17, 15) is 4.79 Å². The van der Waals surface area contributed by atoms with Crippen molar-refractivity contribution in [2.75, 3.05) is 24.3 Å². The van der Waals surface area contributed by atoms with Crippen molar-refractivity contribution in [3.63, 3.8) is 0 Å². The van der Waals surface area contributed by atoms with Gasteiger partial charge in [0.2, 0.25) is 0 Å². The Balaban J connectivity index is 1.63.